The zero-order valence-electron chi connectivity index (χ0n) is 18.2. The van der Waals surface area contributed by atoms with Gasteiger partial charge >= 0.3 is 0 Å². The highest BCUT2D eigenvalue weighted by molar-refractivity contribution is 6.07. The van der Waals surface area contributed by atoms with Crippen LogP contribution in [0.25, 0.3) is 10.8 Å². The molecule has 1 heterocycles. The molecule has 0 aliphatic heterocycles. The minimum atomic E-state index is -0.799. The number of nitrogens with zero attached hydrogens (tertiary/aromatic N) is 1. The lowest BCUT2D eigenvalue weighted by atomic mass is 9.68. The van der Waals surface area contributed by atoms with E-state index in [9.17, 15) is 19.8 Å². The zero-order valence-corrected chi connectivity index (χ0v) is 18.2. The standard InChI is InChI=1S/C24H33NO5/c1-23(2)10-5-11-24(29,16-23)12-8-21(27)19-6-4-7-20-18(19)9-13-25(22(20)28)14-17(26)15-30-3/h4,6-7,9,13,17,26,29H,5,8,10-12,14-16H2,1-3H3. The van der Waals surface area contributed by atoms with E-state index in [1.54, 1.807) is 30.5 Å². The van der Waals surface area contributed by atoms with Gasteiger partial charge in [0.1, 0.15) is 0 Å². The normalized spacial score (nSPS) is 22.2. The zero-order chi connectivity index (χ0) is 21.9. The van der Waals surface area contributed by atoms with Crippen molar-refractivity contribution in [1.29, 1.82) is 0 Å². The van der Waals surface area contributed by atoms with E-state index in [0.29, 0.717) is 29.2 Å². The van der Waals surface area contributed by atoms with Crippen LogP contribution >= 0.6 is 0 Å². The Morgan fingerprint density at radius 1 is 1.23 bits per heavy atom. The third-order valence-electron chi connectivity index (χ3n) is 6.21. The summed E-state index contributed by atoms with van der Waals surface area (Å²) in [5, 5.41) is 22.0. The number of hydrogen-bond acceptors (Lipinski definition) is 5. The van der Waals surface area contributed by atoms with Crippen molar-refractivity contribution >= 4 is 16.6 Å². The molecule has 1 aliphatic carbocycles. The van der Waals surface area contributed by atoms with Gasteiger partial charge in [-0.15, -0.1) is 0 Å². The van der Waals surface area contributed by atoms with Crippen LogP contribution in [0.15, 0.2) is 35.3 Å². The lowest BCUT2D eigenvalue weighted by Crippen LogP contribution is -2.39. The number of aromatic nitrogens is 1. The lowest BCUT2D eigenvalue weighted by Gasteiger charge is -2.41. The highest BCUT2D eigenvalue weighted by Crippen LogP contribution is 2.43. The second-order valence-corrected chi connectivity index (χ2v) is 9.49. The van der Waals surface area contributed by atoms with E-state index < -0.39 is 11.7 Å². The molecule has 1 fully saturated rings. The second-order valence-electron chi connectivity index (χ2n) is 9.49. The molecule has 0 amide bonds. The van der Waals surface area contributed by atoms with Gasteiger partial charge < -0.3 is 19.5 Å². The van der Waals surface area contributed by atoms with Crippen LogP contribution in [-0.4, -0.2) is 46.0 Å². The minimum Gasteiger partial charge on any atom is -0.390 e. The average molecular weight is 416 g/mol. The third-order valence-corrected chi connectivity index (χ3v) is 6.21. The predicted molar refractivity (Wildman–Crippen MR) is 117 cm³/mol. The first kappa shape index (κ1) is 22.7. The summed E-state index contributed by atoms with van der Waals surface area (Å²) in [6.07, 6.45) is 5.02. The summed E-state index contributed by atoms with van der Waals surface area (Å²) in [5.41, 5.74) is -0.446. The Morgan fingerprint density at radius 3 is 2.70 bits per heavy atom. The number of aliphatic hydroxyl groups is 2. The van der Waals surface area contributed by atoms with Crippen LogP contribution in [-0.2, 0) is 11.3 Å². The summed E-state index contributed by atoms with van der Waals surface area (Å²) < 4.78 is 6.36. The number of pyridine rings is 1. The topological polar surface area (TPSA) is 88.8 Å². The first-order valence-corrected chi connectivity index (χ1v) is 10.7. The summed E-state index contributed by atoms with van der Waals surface area (Å²) in [4.78, 5) is 25.8. The maximum Gasteiger partial charge on any atom is 0.258 e. The van der Waals surface area contributed by atoms with Crippen molar-refractivity contribution in [1.82, 2.24) is 4.57 Å². The molecule has 3 rings (SSSR count). The molecule has 0 radical (unpaired) electrons. The molecule has 0 bridgehead atoms. The Morgan fingerprint density at radius 2 is 2.00 bits per heavy atom. The molecule has 1 saturated carbocycles. The van der Waals surface area contributed by atoms with Gasteiger partial charge in [-0.05, 0) is 48.6 Å². The molecule has 2 N–H and O–H groups in total. The molecule has 6 heteroatoms. The van der Waals surface area contributed by atoms with Crippen molar-refractivity contribution < 1.29 is 19.7 Å². The van der Waals surface area contributed by atoms with Crippen LogP contribution in [0, 0.1) is 5.41 Å². The molecule has 0 saturated heterocycles. The highest BCUT2D eigenvalue weighted by atomic mass is 16.5. The fraction of sp³-hybridized carbons (Fsp3) is 0.583. The van der Waals surface area contributed by atoms with E-state index >= 15 is 0 Å². The van der Waals surface area contributed by atoms with Gasteiger partial charge in [0.05, 0.1) is 24.9 Å². The van der Waals surface area contributed by atoms with E-state index in [1.165, 1.54) is 11.7 Å². The molecule has 2 aromatic rings. The Bertz CT molecular complexity index is 964. The number of aliphatic hydroxyl groups excluding tert-OH is 1. The van der Waals surface area contributed by atoms with Crippen molar-refractivity contribution in [2.24, 2.45) is 5.41 Å². The molecule has 1 aliphatic rings. The van der Waals surface area contributed by atoms with Crippen LogP contribution in [0.3, 0.4) is 0 Å². The smallest absolute Gasteiger partial charge is 0.258 e. The third kappa shape index (κ3) is 5.17. The Balaban J connectivity index is 1.79. The van der Waals surface area contributed by atoms with E-state index in [2.05, 4.69) is 13.8 Å². The molecule has 2 atom stereocenters. The van der Waals surface area contributed by atoms with Gasteiger partial charge in [0.25, 0.3) is 5.56 Å². The maximum absolute atomic E-state index is 13.0. The van der Waals surface area contributed by atoms with Gasteiger partial charge in [0, 0.05) is 30.7 Å². The number of ether oxygens (including phenoxy) is 1. The van der Waals surface area contributed by atoms with Crippen LogP contribution in [0.2, 0.25) is 0 Å². The number of Topliss-reactive ketones (excluding diaryl/α,β-unsaturated/α-hetero) is 1. The van der Waals surface area contributed by atoms with Crippen molar-refractivity contribution in [2.75, 3.05) is 13.7 Å². The van der Waals surface area contributed by atoms with Gasteiger partial charge in [-0.2, -0.15) is 0 Å². The maximum atomic E-state index is 13.0. The van der Waals surface area contributed by atoms with E-state index in [4.69, 9.17) is 4.74 Å². The van der Waals surface area contributed by atoms with Crippen molar-refractivity contribution in [2.45, 2.75) is 70.6 Å². The quantitative estimate of drug-likeness (QED) is 0.646. The number of methoxy groups -OCH3 is 1. The van der Waals surface area contributed by atoms with Gasteiger partial charge in [0.2, 0.25) is 0 Å². The summed E-state index contributed by atoms with van der Waals surface area (Å²) in [5.74, 6) is -0.0611. The predicted octanol–water partition coefficient (Wildman–Crippen LogP) is 3.30. The van der Waals surface area contributed by atoms with Crippen molar-refractivity contribution in [3.8, 4) is 0 Å². The monoisotopic (exact) mass is 415 g/mol. The van der Waals surface area contributed by atoms with Crippen molar-refractivity contribution in [3.63, 3.8) is 0 Å². The Kier molecular flexibility index (Phi) is 6.80. The van der Waals surface area contributed by atoms with Gasteiger partial charge in [0.15, 0.2) is 5.78 Å². The van der Waals surface area contributed by atoms with E-state index in [0.717, 1.165) is 19.3 Å². The number of carbonyl (C=O) groups excluding carboxylic acids is 1. The van der Waals surface area contributed by atoms with Gasteiger partial charge in [-0.3, -0.25) is 9.59 Å². The molecule has 1 aromatic carbocycles. The largest absolute Gasteiger partial charge is 0.390 e. The fourth-order valence-electron chi connectivity index (χ4n) is 4.84. The fourth-order valence-corrected chi connectivity index (χ4v) is 4.84. The molecule has 1 aromatic heterocycles. The number of benzene rings is 1. The highest BCUT2D eigenvalue weighted by Gasteiger charge is 2.38. The number of carbonyl (C=O) groups is 1. The lowest BCUT2D eigenvalue weighted by molar-refractivity contribution is -0.0449. The summed E-state index contributed by atoms with van der Waals surface area (Å²) in [7, 11) is 1.50. The SMILES string of the molecule is COCC(O)Cn1ccc2c(C(=O)CCC3(O)CCCC(C)(C)C3)cccc2c1=O. The molecule has 164 valence electrons. The van der Waals surface area contributed by atoms with Gasteiger partial charge in [-0.25, -0.2) is 0 Å². The van der Waals surface area contributed by atoms with Crippen LogP contribution < -0.4 is 5.56 Å². The molecular formula is C24H33NO5. The average Bonchev–Trinajstić information content (AvgIpc) is 2.67. The first-order valence-electron chi connectivity index (χ1n) is 10.7. The van der Waals surface area contributed by atoms with E-state index in [1.807, 2.05) is 0 Å². The molecule has 6 nitrogen and oxygen atoms in total. The number of rotatable bonds is 8. The van der Waals surface area contributed by atoms with Crippen LogP contribution in [0.1, 0.15) is 62.7 Å². The first-order chi connectivity index (χ1) is 14.1. The number of hydrogen-bond donors (Lipinski definition) is 2. The summed E-state index contributed by atoms with van der Waals surface area (Å²) in [6.45, 7) is 4.60. The van der Waals surface area contributed by atoms with Gasteiger partial charge in [-0.1, -0.05) is 32.4 Å². The van der Waals surface area contributed by atoms with Crippen LogP contribution in [0.4, 0.5) is 0 Å². The summed E-state index contributed by atoms with van der Waals surface area (Å²) >= 11 is 0. The Hall–Kier alpha value is -2.02. The number of ketones is 1. The van der Waals surface area contributed by atoms with Crippen molar-refractivity contribution in [3.05, 3.63) is 46.4 Å². The summed E-state index contributed by atoms with van der Waals surface area (Å²) in [6, 6.07) is 6.90. The van der Waals surface area contributed by atoms with Crippen LogP contribution in [0.5, 0.6) is 0 Å². The molecule has 2 unspecified atom stereocenters. The number of fused-ring (bicyclic) bond motifs is 1. The second kappa shape index (κ2) is 9.00. The molecule has 0 spiro atoms. The molecular weight excluding hydrogens is 382 g/mol. The minimum absolute atomic E-state index is 0.0611. The van der Waals surface area contributed by atoms with E-state index in [-0.39, 0.29) is 36.3 Å². The Labute approximate surface area is 177 Å². The molecule has 30 heavy (non-hydrogen) atoms.